The van der Waals surface area contributed by atoms with Crippen LogP contribution < -0.4 is 14.8 Å². The summed E-state index contributed by atoms with van der Waals surface area (Å²) in [6, 6.07) is 10.5. The molecule has 1 aliphatic rings. The van der Waals surface area contributed by atoms with Gasteiger partial charge in [-0.2, -0.15) is 0 Å². The summed E-state index contributed by atoms with van der Waals surface area (Å²) in [4.78, 5) is 0. The van der Waals surface area contributed by atoms with Crippen molar-refractivity contribution >= 4 is 17.3 Å². The van der Waals surface area contributed by atoms with Crippen molar-refractivity contribution in [2.75, 3.05) is 19.0 Å². The molecule has 110 valence electrons. The zero-order valence-electron chi connectivity index (χ0n) is 11.5. The lowest BCUT2D eigenvalue weighted by atomic mass is 10.00. The molecule has 1 heterocycles. The molecular formula is C16H15ClFNO2. The van der Waals surface area contributed by atoms with Gasteiger partial charge in [0.05, 0.1) is 24.8 Å². The lowest BCUT2D eigenvalue weighted by Crippen LogP contribution is -2.20. The molecule has 3 rings (SSSR count). The van der Waals surface area contributed by atoms with Crippen LogP contribution in [0.4, 0.5) is 10.1 Å². The van der Waals surface area contributed by atoms with Gasteiger partial charge in [-0.05, 0) is 36.4 Å². The van der Waals surface area contributed by atoms with Crippen LogP contribution >= 0.6 is 11.6 Å². The van der Waals surface area contributed by atoms with E-state index in [1.807, 2.05) is 18.2 Å². The van der Waals surface area contributed by atoms with Gasteiger partial charge >= 0.3 is 0 Å². The molecule has 2 aromatic carbocycles. The summed E-state index contributed by atoms with van der Waals surface area (Å²) in [5.74, 6) is 1.17. The van der Waals surface area contributed by atoms with Gasteiger partial charge < -0.3 is 14.8 Å². The minimum Gasteiger partial charge on any atom is -0.497 e. The first kappa shape index (κ1) is 14.0. The van der Waals surface area contributed by atoms with Gasteiger partial charge in [0.15, 0.2) is 0 Å². The van der Waals surface area contributed by atoms with E-state index in [4.69, 9.17) is 21.1 Å². The van der Waals surface area contributed by atoms with Gasteiger partial charge in [0.1, 0.15) is 17.3 Å². The van der Waals surface area contributed by atoms with Gasteiger partial charge in [0, 0.05) is 17.7 Å². The largest absolute Gasteiger partial charge is 0.497 e. The molecule has 0 bridgehead atoms. The molecule has 5 heteroatoms. The summed E-state index contributed by atoms with van der Waals surface area (Å²) < 4.78 is 24.4. The highest BCUT2D eigenvalue weighted by Crippen LogP contribution is 2.37. The maximum atomic E-state index is 13.5. The number of nitrogens with one attached hydrogen (secondary N) is 1. The lowest BCUT2D eigenvalue weighted by Gasteiger charge is -2.28. The number of methoxy groups -OCH3 is 1. The Balaban J connectivity index is 1.88. The Hall–Kier alpha value is -1.94. The van der Waals surface area contributed by atoms with E-state index in [-0.39, 0.29) is 11.1 Å². The monoisotopic (exact) mass is 307 g/mol. The van der Waals surface area contributed by atoms with Crippen molar-refractivity contribution in [2.24, 2.45) is 0 Å². The van der Waals surface area contributed by atoms with Crippen LogP contribution in [0, 0.1) is 5.82 Å². The van der Waals surface area contributed by atoms with Gasteiger partial charge in [-0.3, -0.25) is 0 Å². The van der Waals surface area contributed by atoms with Crippen molar-refractivity contribution in [1.82, 2.24) is 0 Å². The molecule has 2 aromatic rings. The second-order valence-electron chi connectivity index (χ2n) is 4.87. The highest BCUT2D eigenvalue weighted by Gasteiger charge is 2.22. The number of anilines is 1. The van der Waals surface area contributed by atoms with Crippen LogP contribution in [-0.2, 0) is 0 Å². The predicted octanol–water partition coefficient (Wildman–Crippen LogP) is 4.42. The Bertz CT molecular complexity index is 663. The number of benzene rings is 2. The molecule has 1 atom stereocenters. The number of halogens is 2. The molecule has 21 heavy (non-hydrogen) atoms. The van der Waals surface area contributed by atoms with Crippen LogP contribution in [0.5, 0.6) is 11.5 Å². The smallest absolute Gasteiger partial charge is 0.143 e. The summed E-state index contributed by atoms with van der Waals surface area (Å²) in [6.45, 7) is 0.618. The van der Waals surface area contributed by atoms with E-state index >= 15 is 0 Å². The molecule has 0 amide bonds. The van der Waals surface area contributed by atoms with E-state index < -0.39 is 5.82 Å². The third-order valence-electron chi connectivity index (χ3n) is 3.52. The Kier molecular flexibility index (Phi) is 3.88. The van der Waals surface area contributed by atoms with Gasteiger partial charge in [0.25, 0.3) is 0 Å². The third kappa shape index (κ3) is 2.90. The Morgan fingerprint density at radius 3 is 2.90 bits per heavy atom. The first-order valence-corrected chi connectivity index (χ1v) is 7.07. The fourth-order valence-corrected chi connectivity index (χ4v) is 2.55. The molecule has 3 nitrogen and oxygen atoms in total. The molecule has 0 aromatic heterocycles. The fourth-order valence-electron chi connectivity index (χ4n) is 2.44. The van der Waals surface area contributed by atoms with Crippen LogP contribution in [0.1, 0.15) is 18.0 Å². The van der Waals surface area contributed by atoms with E-state index in [1.165, 1.54) is 6.07 Å². The summed E-state index contributed by atoms with van der Waals surface area (Å²) >= 11 is 5.70. The molecule has 1 aliphatic heterocycles. The topological polar surface area (TPSA) is 30.5 Å². The van der Waals surface area contributed by atoms with Crippen molar-refractivity contribution in [2.45, 2.75) is 12.5 Å². The number of hydrogen-bond donors (Lipinski definition) is 1. The van der Waals surface area contributed by atoms with Gasteiger partial charge in [-0.1, -0.05) is 11.6 Å². The molecule has 0 radical (unpaired) electrons. The van der Waals surface area contributed by atoms with Gasteiger partial charge in [-0.15, -0.1) is 0 Å². The average Bonchev–Trinajstić information content (AvgIpc) is 2.51. The van der Waals surface area contributed by atoms with Crippen LogP contribution in [0.15, 0.2) is 36.4 Å². The molecule has 1 N–H and O–H groups in total. The van der Waals surface area contributed by atoms with Crippen LogP contribution in [0.3, 0.4) is 0 Å². The van der Waals surface area contributed by atoms with Gasteiger partial charge in [-0.25, -0.2) is 4.39 Å². The molecule has 0 fully saturated rings. The van der Waals surface area contributed by atoms with Crippen LogP contribution in [-0.4, -0.2) is 13.7 Å². The SMILES string of the molecule is COc1ccc2c(c1)C(Nc1ccc(Cl)c(F)c1)CCO2. The molecule has 0 aliphatic carbocycles. The van der Waals surface area contributed by atoms with Crippen LogP contribution in [0.25, 0.3) is 0 Å². The predicted molar refractivity (Wildman–Crippen MR) is 80.9 cm³/mol. The van der Waals surface area contributed by atoms with E-state index in [9.17, 15) is 4.39 Å². The summed E-state index contributed by atoms with van der Waals surface area (Å²) in [7, 11) is 1.63. The van der Waals surface area contributed by atoms with E-state index in [0.717, 1.165) is 23.5 Å². The summed E-state index contributed by atoms with van der Waals surface area (Å²) in [5, 5.41) is 3.44. The third-order valence-corrected chi connectivity index (χ3v) is 3.82. The van der Waals surface area contributed by atoms with Crippen molar-refractivity contribution in [1.29, 1.82) is 0 Å². The molecule has 1 unspecified atom stereocenters. The van der Waals surface area contributed by atoms with Crippen molar-refractivity contribution in [3.8, 4) is 11.5 Å². The van der Waals surface area contributed by atoms with Crippen molar-refractivity contribution < 1.29 is 13.9 Å². The highest BCUT2D eigenvalue weighted by atomic mass is 35.5. The first-order valence-electron chi connectivity index (χ1n) is 6.69. The Morgan fingerprint density at radius 2 is 2.14 bits per heavy atom. The van der Waals surface area contributed by atoms with Crippen LogP contribution in [0.2, 0.25) is 5.02 Å². The number of ether oxygens (including phenoxy) is 2. The summed E-state index contributed by atoms with van der Waals surface area (Å²) in [6.07, 6.45) is 0.796. The fraction of sp³-hybridized carbons (Fsp3) is 0.250. The quantitative estimate of drug-likeness (QED) is 0.910. The number of fused-ring (bicyclic) bond motifs is 1. The summed E-state index contributed by atoms with van der Waals surface area (Å²) in [5.41, 5.74) is 1.70. The zero-order chi connectivity index (χ0) is 14.8. The number of rotatable bonds is 3. The zero-order valence-corrected chi connectivity index (χ0v) is 12.3. The Morgan fingerprint density at radius 1 is 1.29 bits per heavy atom. The normalized spacial score (nSPS) is 16.8. The van der Waals surface area contributed by atoms with E-state index in [2.05, 4.69) is 5.32 Å². The standard InChI is InChI=1S/C16H15ClFNO2/c1-20-11-3-5-16-12(9-11)15(6-7-21-16)19-10-2-4-13(17)14(18)8-10/h2-5,8-9,15,19H,6-7H2,1H3. The van der Waals surface area contributed by atoms with Crippen molar-refractivity contribution in [3.05, 3.63) is 52.8 Å². The minimum atomic E-state index is -0.431. The maximum absolute atomic E-state index is 13.5. The highest BCUT2D eigenvalue weighted by molar-refractivity contribution is 6.30. The molecular weight excluding hydrogens is 293 g/mol. The van der Waals surface area contributed by atoms with Crippen molar-refractivity contribution in [3.63, 3.8) is 0 Å². The lowest BCUT2D eigenvalue weighted by molar-refractivity contribution is 0.273. The molecule has 0 spiro atoms. The maximum Gasteiger partial charge on any atom is 0.143 e. The first-order chi connectivity index (χ1) is 10.2. The molecule has 0 saturated carbocycles. The second kappa shape index (κ2) is 5.82. The Labute approximate surface area is 127 Å². The average molecular weight is 308 g/mol. The van der Waals surface area contributed by atoms with E-state index in [1.54, 1.807) is 19.2 Å². The second-order valence-corrected chi connectivity index (χ2v) is 5.27. The van der Waals surface area contributed by atoms with Gasteiger partial charge in [0.2, 0.25) is 0 Å². The number of hydrogen-bond acceptors (Lipinski definition) is 3. The molecule has 0 saturated heterocycles. The van der Waals surface area contributed by atoms with E-state index in [0.29, 0.717) is 12.3 Å². The minimum absolute atomic E-state index is 0.0458.